The molecular weight excluding hydrogens is 426 g/mol. The van der Waals surface area contributed by atoms with E-state index >= 15 is 0 Å². The Labute approximate surface area is 200 Å². The van der Waals surface area contributed by atoms with Crippen LogP contribution in [0.25, 0.3) is 11.5 Å². The van der Waals surface area contributed by atoms with Crippen molar-refractivity contribution >= 4 is 11.8 Å². The fourth-order valence-corrected chi connectivity index (χ4v) is 5.32. The summed E-state index contributed by atoms with van der Waals surface area (Å²) in [5.41, 5.74) is 1.47. The van der Waals surface area contributed by atoms with Crippen LogP contribution >= 0.6 is 0 Å². The number of rotatable bonds is 5. The molecule has 1 saturated heterocycles. The molecule has 1 aliphatic heterocycles. The molecule has 2 fully saturated rings. The zero-order valence-corrected chi connectivity index (χ0v) is 19.8. The van der Waals surface area contributed by atoms with Gasteiger partial charge < -0.3 is 14.8 Å². The number of hydrogen-bond acceptors (Lipinski definition) is 3. The second kappa shape index (κ2) is 9.87. The van der Waals surface area contributed by atoms with Gasteiger partial charge in [0.05, 0.1) is 11.9 Å². The predicted molar refractivity (Wildman–Crippen MR) is 131 cm³/mol. The van der Waals surface area contributed by atoms with Crippen molar-refractivity contribution < 1.29 is 9.59 Å². The van der Waals surface area contributed by atoms with Crippen LogP contribution in [0.15, 0.2) is 61.1 Å². The smallest absolute Gasteiger partial charge is 0.259 e. The number of nitrogens with zero attached hydrogens (tertiary/aromatic N) is 4. The first kappa shape index (κ1) is 22.4. The van der Waals surface area contributed by atoms with Gasteiger partial charge in [0.1, 0.15) is 5.56 Å². The van der Waals surface area contributed by atoms with Crippen molar-refractivity contribution in [2.45, 2.75) is 51.5 Å². The number of piperidine rings is 1. The molecule has 2 atom stereocenters. The number of amides is 2. The summed E-state index contributed by atoms with van der Waals surface area (Å²) < 4.78 is 3.73. The summed E-state index contributed by atoms with van der Waals surface area (Å²) in [5, 5.41) is 7.86. The predicted octanol–water partition coefficient (Wildman–Crippen LogP) is 4.21. The highest BCUT2D eigenvalue weighted by molar-refractivity contribution is 5.97. The van der Waals surface area contributed by atoms with Crippen molar-refractivity contribution in [1.29, 1.82) is 0 Å². The lowest BCUT2D eigenvalue weighted by atomic mass is 9.85. The van der Waals surface area contributed by atoms with Crippen LogP contribution in [0.3, 0.4) is 0 Å². The number of carbonyl (C=O) groups excluding carboxylic acids is 2. The SMILES string of the molecule is C[C@H]1CCCC[C@H]1NC(=O)C1CCN(C(=O)c2cnn(-c3ccccc3)c2-n2cccc2)CC1. The van der Waals surface area contributed by atoms with Crippen molar-refractivity contribution in [3.63, 3.8) is 0 Å². The largest absolute Gasteiger partial charge is 0.353 e. The lowest BCUT2D eigenvalue weighted by Crippen LogP contribution is -2.47. The first-order chi connectivity index (χ1) is 16.6. The molecule has 0 spiro atoms. The second-order valence-corrected chi connectivity index (χ2v) is 9.66. The van der Waals surface area contributed by atoms with Gasteiger partial charge in [-0.3, -0.25) is 9.59 Å². The molecule has 1 saturated carbocycles. The van der Waals surface area contributed by atoms with E-state index < -0.39 is 0 Å². The molecule has 34 heavy (non-hydrogen) atoms. The highest BCUT2D eigenvalue weighted by atomic mass is 16.2. The highest BCUT2D eigenvalue weighted by Crippen LogP contribution is 2.27. The first-order valence-corrected chi connectivity index (χ1v) is 12.5. The lowest BCUT2D eigenvalue weighted by Gasteiger charge is -2.34. The molecule has 2 aromatic heterocycles. The van der Waals surface area contributed by atoms with E-state index in [0.29, 0.717) is 43.5 Å². The third-order valence-electron chi connectivity index (χ3n) is 7.42. The van der Waals surface area contributed by atoms with Gasteiger partial charge in [0.2, 0.25) is 5.91 Å². The molecule has 0 radical (unpaired) electrons. The average molecular weight is 460 g/mol. The Morgan fingerprint density at radius 2 is 1.65 bits per heavy atom. The maximum absolute atomic E-state index is 13.6. The summed E-state index contributed by atoms with van der Waals surface area (Å²) in [7, 11) is 0. The summed E-state index contributed by atoms with van der Waals surface area (Å²) in [6.45, 7) is 3.40. The molecule has 1 aromatic carbocycles. The summed E-state index contributed by atoms with van der Waals surface area (Å²) >= 11 is 0. The zero-order chi connectivity index (χ0) is 23.5. The second-order valence-electron chi connectivity index (χ2n) is 9.66. The Balaban J connectivity index is 1.29. The van der Waals surface area contributed by atoms with Crippen molar-refractivity contribution in [3.8, 4) is 11.5 Å². The van der Waals surface area contributed by atoms with Crippen LogP contribution in [0.1, 0.15) is 55.8 Å². The normalized spacial score (nSPS) is 21.4. The quantitative estimate of drug-likeness (QED) is 0.621. The molecule has 7 heteroatoms. The minimum Gasteiger partial charge on any atom is -0.353 e. The molecule has 2 amide bonds. The van der Waals surface area contributed by atoms with E-state index in [0.717, 1.165) is 17.9 Å². The van der Waals surface area contributed by atoms with Gasteiger partial charge in [0.25, 0.3) is 5.91 Å². The Morgan fingerprint density at radius 1 is 0.941 bits per heavy atom. The van der Waals surface area contributed by atoms with E-state index in [9.17, 15) is 9.59 Å². The van der Waals surface area contributed by atoms with Crippen LogP contribution in [0.4, 0.5) is 0 Å². The summed E-state index contributed by atoms with van der Waals surface area (Å²) in [6, 6.07) is 14.0. The molecule has 0 unspecified atom stereocenters. The number of carbonyl (C=O) groups is 2. The fourth-order valence-electron chi connectivity index (χ4n) is 5.32. The third-order valence-corrected chi connectivity index (χ3v) is 7.42. The molecule has 2 aliphatic rings. The van der Waals surface area contributed by atoms with Crippen molar-refractivity contribution in [1.82, 2.24) is 24.6 Å². The Kier molecular flexibility index (Phi) is 6.52. The van der Waals surface area contributed by atoms with Crippen LogP contribution < -0.4 is 5.32 Å². The first-order valence-electron chi connectivity index (χ1n) is 12.5. The Morgan fingerprint density at radius 3 is 2.35 bits per heavy atom. The summed E-state index contributed by atoms with van der Waals surface area (Å²) in [6.07, 6.45) is 11.6. The van der Waals surface area contributed by atoms with E-state index in [1.165, 1.54) is 19.3 Å². The van der Waals surface area contributed by atoms with Gasteiger partial charge >= 0.3 is 0 Å². The number of para-hydroxylation sites is 1. The minimum atomic E-state index is -0.0364. The standard InChI is InChI=1S/C27H33N5O2/c1-20-9-5-6-12-24(20)29-25(33)21-13-17-31(18-14-21)27(34)23-19-28-32(22-10-3-2-4-11-22)26(23)30-15-7-8-16-30/h2-4,7-8,10-11,15-16,19-21,24H,5-6,9,12-14,17-18H2,1H3,(H,29,33)/t20-,24+/m0/s1. The van der Waals surface area contributed by atoms with E-state index in [4.69, 9.17) is 0 Å². The van der Waals surface area contributed by atoms with Crippen LogP contribution in [-0.4, -0.2) is 50.2 Å². The van der Waals surface area contributed by atoms with Gasteiger partial charge in [-0.2, -0.15) is 5.10 Å². The van der Waals surface area contributed by atoms with Gasteiger partial charge in [-0.15, -0.1) is 0 Å². The average Bonchev–Trinajstić information content (AvgIpc) is 3.56. The van der Waals surface area contributed by atoms with Gasteiger partial charge in [-0.05, 0) is 55.9 Å². The van der Waals surface area contributed by atoms with Crippen LogP contribution in [0.5, 0.6) is 0 Å². The fraction of sp³-hybridized carbons (Fsp3) is 0.444. The number of hydrogen-bond donors (Lipinski definition) is 1. The molecule has 3 aromatic rings. The van der Waals surface area contributed by atoms with Gasteiger partial charge in [-0.1, -0.05) is 38.0 Å². The Bertz CT molecular complexity index is 1110. The highest BCUT2D eigenvalue weighted by Gasteiger charge is 2.32. The van der Waals surface area contributed by atoms with Crippen LogP contribution in [0, 0.1) is 11.8 Å². The number of aromatic nitrogens is 3. The zero-order valence-electron chi connectivity index (χ0n) is 19.8. The maximum Gasteiger partial charge on any atom is 0.259 e. The summed E-state index contributed by atoms with van der Waals surface area (Å²) in [5.74, 6) is 1.38. The number of benzene rings is 1. The lowest BCUT2D eigenvalue weighted by molar-refractivity contribution is -0.127. The minimum absolute atomic E-state index is 0.0193. The van der Waals surface area contributed by atoms with E-state index in [1.807, 2.05) is 64.3 Å². The Hall–Kier alpha value is -3.35. The third kappa shape index (κ3) is 4.52. The number of likely N-dealkylation sites (tertiary alicyclic amines) is 1. The monoisotopic (exact) mass is 459 g/mol. The molecular formula is C27H33N5O2. The van der Waals surface area contributed by atoms with Crippen LogP contribution in [0.2, 0.25) is 0 Å². The van der Waals surface area contributed by atoms with Gasteiger partial charge in [0, 0.05) is 37.4 Å². The van der Waals surface area contributed by atoms with Crippen molar-refractivity contribution in [2.75, 3.05) is 13.1 Å². The summed E-state index contributed by atoms with van der Waals surface area (Å²) in [4.78, 5) is 28.3. The van der Waals surface area contributed by atoms with Crippen molar-refractivity contribution in [3.05, 3.63) is 66.6 Å². The topological polar surface area (TPSA) is 72.2 Å². The molecule has 7 nitrogen and oxygen atoms in total. The number of nitrogens with one attached hydrogen (secondary N) is 1. The molecule has 1 aliphatic carbocycles. The van der Waals surface area contributed by atoms with Crippen LogP contribution in [-0.2, 0) is 4.79 Å². The van der Waals surface area contributed by atoms with Gasteiger partial charge in [0.15, 0.2) is 5.82 Å². The van der Waals surface area contributed by atoms with E-state index in [2.05, 4.69) is 17.3 Å². The van der Waals surface area contributed by atoms with Gasteiger partial charge in [-0.25, -0.2) is 4.68 Å². The van der Waals surface area contributed by atoms with Crippen molar-refractivity contribution in [2.24, 2.45) is 11.8 Å². The molecule has 1 N–H and O–H groups in total. The molecule has 178 valence electrons. The maximum atomic E-state index is 13.6. The molecule has 0 bridgehead atoms. The van der Waals surface area contributed by atoms with E-state index in [1.54, 1.807) is 10.9 Å². The molecule has 5 rings (SSSR count). The molecule has 3 heterocycles. The van der Waals surface area contributed by atoms with E-state index in [-0.39, 0.29) is 17.7 Å².